The molecule has 0 saturated carbocycles. The molecule has 0 aliphatic carbocycles. The lowest BCUT2D eigenvalue weighted by atomic mass is 9.93. The van der Waals surface area contributed by atoms with Gasteiger partial charge in [0.25, 0.3) is 11.7 Å². The molecule has 1 amide bonds. The molecule has 1 aliphatic rings. The van der Waals surface area contributed by atoms with Gasteiger partial charge < -0.3 is 19.5 Å². The number of rotatable bonds is 9. The Labute approximate surface area is 230 Å². The summed E-state index contributed by atoms with van der Waals surface area (Å²) in [4.78, 5) is 30.8. The van der Waals surface area contributed by atoms with Gasteiger partial charge in [0, 0.05) is 36.1 Å². The molecule has 0 spiro atoms. The molecule has 0 radical (unpaired) electrons. The second kappa shape index (κ2) is 11.6. The zero-order valence-electron chi connectivity index (χ0n) is 23.4. The van der Waals surface area contributed by atoms with Crippen LogP contribution in [0.5, 0.6) is 11.5 Å². The maximum absolute atomic E-state index is 13.6. The number of hydrogen-bond acceptors (Lipinski definition) is 6. The molecule has 1 saturated heterocycles. The first-order valence-corrected chi connectivity index (χ1v) is 13.2. The van der Waals surface area contributed by atoms with Crippen LogP contribution in [0, 0.1) is 0 Å². The molecule has 1 fully saturated rings. The monoisotopic (exact) mass is 528 g/mol. The quantitative estimate of drug-likeness (QED) is 0.200. The number of benzene rings is 3. The fourth-order valence-corrected chi connectivity index (χ4v) is 5.12. The Hall–Kier alpha value is -4.26. The smallest absolute Gasteiger partial charge is 0.300 e. The number of carbonyl (C=O) groups excluding carboxylic acids is 2. The lowest BCUT2D eigenvalue weighted by Crippen LogP contribution is -2.29. The minimum atomic E-state index is -0.826. The summed E-state index contributed by atoms with van der Waals surface area (Å²) in [6.07, 6.45) is 0. The number of methoxy groups -OCH3 is 2. The Morgan fingerprint density at radius 2 is 1.64 bits per heavy atom. The number of aliphatic hydroxyl groups is 1. The summed E-state index contributed by atoms with van der Waals surface area (Å²) in [5, 5.41) is 11.6. The number of ketones is 1. The predicted molar refractivity (Wildman–Crippen MR) is 155 cm³/mol. The van der Waals surface area contributed by atoms with Crippen molar-refractivity contribution in [1.82, 2.24) is 0 Å². The highest BCUT2D eigenvalue weighted by Gasteiger charge is 2.47. The third-order valence-electron chi connectivity index (χ3n) is 7.24. The van der Waals surface area contributed by atoms with Crippen LogP contribution in [0.1, 0.15) is 56.3 Å². The molecule has 4 rings (SSSR count). The Morgan fingerprint density at radius 1 is 0.949 bits per heavy atom. The molecule has 7 heteroatoms. The van der Waals surface area contributed by atoms with Gasteiger partial charge in [0.2, 0.25) is 0 Å². The van der Waals surface area contributed by atoms with Crippen molar-refractivity contribution in [3.05, 3.63) is 89.0 Å². The molecule has 204 valence electrons. The Kier molecular flexibility index (Phi) is 8.29. The molecule has 1 aliphatic heterocycles. The zero-order chi connectivity index (χ0) is 28.3. The molecule has 1 heterocycles. The van der Waals surface area contributed by atoms with E-state index in [1.165, 1.54) is 4.90 Å². The number of Topliss-reactive ketones (excluding diaryl/α,β-unsaturated/α-hetero) is 1. The van der Waals surface area contributed by atoms with Crippen molar-refractivity contribution in [1.29, 1.82) is 0 Å². The van der Waals surface area contributed by atoms with Crippen LogP contribution in [0.25, 0.3) is 5.76 Å². The van der Waals surface area contributed by atoms with Gasteiger partial charge in [-0.15, -0.1) is 0 Å². The highest BCUT2D eigenvalue weighted by Crippen LogP contribution is 2.43. The number of carbonyl (C=O) groups is 2. The first-order valence-electron chi connectivity index (χ1n) is 13.2. The Morgan fingerprint density at radius 3 is 2.23 bits per heavy atom. The van der Waals surface area contributed by atoms with Gasteiger partial charge in [0.05, 0.1) is 25.8 Å². The minimum absolute atomic E-state index is 0.0401. The largest absolute Gasteiger partial charge is 0.507 e. The summed E-state index contributed by atoms with van der Waals surface area (Å²) >= 11 is 0. The lowest BCUT2D eigenvalue weighted by molar-refractivity contribution is -0.132. The van der Waals surface area contributed by atoms with Gasteiger partial charge in [0.15, 0.2) is 0 Å². The highest BCUT2D eigenvalue weighted by atomic mass is 16.5. The van der Waals surface area contributed by atoms with Crippen molar-refractivity contribution in [2.45, 2.75) is 39.7 Å². The van der Waals surface area contributed by atoms with Crippen LogP contribution in [-0.2, 0) is 9.59 Å². The van der Waals surface area contributed by atoms with E-state index in [-0.39, 0.29) is 17.3 Å². The van der Waals surface area contributed by atoms with E-state index < -0.39 is 17.7 Å². The SMILES string of the molecule is CCN(CC)c1ccc(C2/C(=C(/O)c3ccc(OC)c(C(C)C)c3)C(=O)C(=O)N2c2cccc(OC)c2)cc1. The molecule has 1 unspecified atom stereocenters. The van der Waals surface area contributed by atoms with Crippen molar-refractivity contribution < 1.29 is 24.2 Å². The standard InChI is InChI=1S/C32H36N2O5/c1-7-33(8-2)23-15-12-21(13-16-23)29-28(30(35)22-14-17-27(39-6)26(18-22)20(3)4)31(36)32(37)34(29)24-10-9-11-25(19-24)38-5/h9-20,29,35H,7-8H2,1-6H3/b30-28-. The van der Waals surface area contributed by atoms with E-state index in [4.69, 9.17) is 9.47 Å². The minimum Gasteiger partial charge on any atom is -0.507 e. The third kappa shape index (κ3) is 5.21. The van der Waals surface area contributed by atoms with Crippen LogP contribution in [0.4, 0.5) is 11.4 Å². The summed E-state index contributed by atoms with van der Waals surface area (Å²) in [5.41, 5.74) is 3.65. The van der Waals surface area contributed by atoms with Gasteiger partial charge in [-0.1, -0.05) is 32.0 Å². The molecule has 1 N–H and O–H groups in total. The van der Waals surface area contributed by atoms with Crippen LogP contribution in [-0.4, -0.2) is 44.1 Å². The fraction of sp³-hybridized carbons (Fsp3) is 0.312. The van der Waals surface area contributed by atoms with E-state index in [0.717, 1.165) is 24.3 Å². The number of hydrogen-bond donors (Lipinski definition) is 1. The summed E-state index contributed by atoms with van der Waals surface area (Å²) in [5.74, 6) is -0.296. The Bertz CT molecular complexity index is 1390. The van der Waals surface area contributed by atoms with Crippen LogP contribution < -0.4 is 19.3 Å². The van der Waals surface area contributed by atoms with E-state index >= 15 is 0 Å². The number of amides is 1. The molecule has 0 bridgehead atoms. The van der Waals surface area contributed by atoms with Gasteiger partial charge in [-0.3, -0.25) is 14.5 Å². The van der Waals surface area contributed by atoms with Crippen molar-refractivity contribution in [2.24, 2.45) is 0 Å². The third-order valence-corrected chi connectivity index (χ3v) is 7.24. The second-order valence-corrected chi connectivity index (χ2v) is 9.75. The average Bonchev–Trinajstić information content (AvgIpc) is 3.23. The van der Waals surface area contributed by atoms with E-state index in [9.17, 15) is 14.7 Å². The molecule has 7 nitrogen and oxygen atoms in total. The van der Waals surface area contributed by atoms with Crippen molar-refractivity contribution in [2.75, 3.05) is 37.1 Å². The van der Waals surface area contributed by atoms with Crippen LogP contribution in [0.2, 0.25) is 0 Å². The van der Waals surface area contributed by atoms with Gasteiger partial charge >= 0.3 is 0 Å². The lowest BCUT2D eigenvalue weighted by Gasteiger charge is -2.27. The number of anilines is 2. The van der Waals surface area contributed by atoms with Crippen molar-refractivity contribution in [3.63, 3.8) is 0 Å². The molecule has 1 atom stereocenters. The van der Waals surface area contributed by atoms with Crippen LogP contribution >= 0.6 is 0 Å². The summed E-state index contributed by atoms with van der Waals surface area (Å²) in [7, 11) is 3.15. The van der Waals surface area contributed by atoms with Crippen molar-refractivity contribution >= 4 is 28.8 Å². The number of nitrogens with zero attached hydrogens (tertiary/aromatic N) is 2. The van der Waals surface area contributed by atoms with Gasteiger partial charge in [-0.2, -0.15) is 0 Å². The van der Waals surface area contributed by atoms with Crippen LogP contribution in [0.3, 0.4) is 0 Å². The molecule has 3 aromatic rings. The van der Waals surface area contributed by atoms with Crippen LogP contribution in [0.15, 0.2) is 72.3 Å². The fourth-order valence-electron chi connectivity index (χ4n) is 5.12. The van der Waals surface area contributed by atoms with E-state index in [1.54, 1.807) is 50.6 Å². The zero-order valence-corrected chi connectivity index (χ0v) is 23.4. The maximum atomic E-state index is 13.6. The second-order valence-electron chi connectivity index (χ2n) is 9.75. The predicted octanol–water partition coefficient (Wildman–Crippen LogP) is 6.30. The first kappa shape index (κ1) is 27.8. The molecular formula is C32H36N2O5. The number of ether oxygens (including phenoxy) is 2. The molecule has 3 aromatic carbocycles. The van der Waals surface area contributed by atoms with E-state index in [0.29, 0.717) is 28.3 Å². The highest BCUT2D eigenvalue weighted by molar-refractivity contribution is 6.51. The maximum Gasteiger partial charge on any atom is 0.300 e. The normalized spacial score (nSPS) is 16.6. The van der Waals surface area contributed by atoms with E-state index in [2.05, 4.69) is 18.7 Å². The summed E-state index contributed by atoms with van der Waals surface area (Å²) in [6.45, 7) is 9.95. The van der Waals surface area contributed by atoms with E-state index in [1.807, 2.05) is 44.2 Å². The molecule has 39 heavy (non-hydrogen) atoms. The summed E-state index contributed by atoms with van der Waals surface area (Å²) in [6, 6.07) is 19.3. The Balaban J connectivity index is 1.93. The molecular weight excluding hydrogens is 492 g/mol. The van der Waals surface area contributed by atoms with Gasteiger partial charge in [-0.05, 0) is 73.4 Å². The van der Waals surface area contributed by atoms with Gasteiger partial charge in [0.1, 0.15) is 17.3 Å². The van der Waals surface area contributed by atoms with Gasteiger partial charge in [-0.25, -0.2) is 0 Å². The summed E-state index contributed by atoms with van der Waals surface area (Å²) < 4.78 is 10.9. The first-order chi connectivity index (χ1) is 18.7. The van der Waals surface area contributed by atoms with Crippen molar-refractivity contribution in [3.8, 4) is 11.5 Å². The molecule has 0 aromatic heterocycles. The topological polar surface area (TPSA) is 79.3 Å². The average molecular weight is 529 g/mol. The number of aliphatic hydroxyl groups excluding tert-OH is 1.